The number of carbonyl (C=O) groups is 1. The van der Waals surface area contributed by atoms with Crippen LogP contribution in [-0.2, 0) is 19.6 Å². The lowest BCUT2D eigenvalue weighted by atomic mass is 10.4. The predicted octanol–water partition coefficient (Wildman–Crippen LogP) is -0.509. The summed E-state index contributed by atoms with van der Waals surface area (Å²) in [5, 5.41) is 0. The second-order valence-electron chi connectivity index (χ2n) is 2.55. The summed E-state index contributed by atoms with van der Waals surface area (Å²) < 4.78 is 28.9. The number of esters is 1. The molecule has 6 heteroatoms. The van der Waals surface area contributed by atoms with Crippen LogP contribution >= 0.6 is 0 Å². The molecular formula is C8H13NO4S. The summed E-state index contributed by atoms with van der Waals surface area (Å²) in [6.07, 6.45) is 0. The Labute approximate surface area is 83.9 Å². The molecule has 0 saturated carbocycles. The number of sulfonamides is 1. The fourth-order valence-electron chi connectivity index (χ4n) is 0.703. The van der Waals surface area contributed by atoms with Crippen LogP contribution in [0.2, 0.25) is 0 Å². The molecule has 14 heavy (non-hydrogen) atoms. The molecule has 0 spiro atoms. The molecule has 0 rings (SSSR count). The number of nitrogens with one attached hydrogen (secondary N) is 1. The van der Waals surface area contributed by atoms with E-state index in [9.17, 15) is 13.2 Å². The number of hydrogen-bond acceptors (Lipinski definition) is 4. The van der Waals surface area contributed by atoms with Gasteiger partial charge in [0.15, 0.2) is 0 Å². The van der Waals surface area contributed by atoms with Gasteiger partial charge in [0, 0.05) is 0 Å². The molecule has 5 nitrogen and oxygen atoms in total. The third-order valence-electron chi connectivity index (χ3n) is 1.35. The van der Waals surface area contributed by atoms with Crippen LogP contribution in [0.5, 0.6) is 0 Å². The van der Waals surface area contributed by atoms with Gasteiger partial charge in [-0.05, 0) is 13.8 Å². The fraction of sp³-hybridized carbons (Fsp3) is 0.625. The van der Waals surface area contributed by atoms with Crippen LogP contribution in [0.15, 0.2) is 0 Å². The molecule has 1 atom stereocenters. The molecule has 1 unspecified atom stereocenters. The maximum absolute atomic E-state index is 11.2. The molecule has 0 aliphatic heterocycles. The number of carbonyl (C=O) groups excluding carboxylic acids is 1. The molecule has 1 N–H and O–H groups in total. The number of rotatable bonds is 4. The molecule has 0 aromatic heterocycles. The summed E-state index contributed by atoms with van der Waals surface area (Å²) in [7, 11) is -2.33. The highest BCUT2D eigenvalue weighted by Crippen LogP contribution is 1.91. The van der Waals surface area contributed by atoms with Gasteiger partial charge in [0.25, 0.3) is 0 Å². The minimum absolute atomic E-state index is 0.315. The van der Waals surface area contributed by atoms with Gasteiger partial charge in [0.1, 0.15) is 11.8 Å². The standard InChI is InChI=1S/C8H13NO4S/c1-4-5-6-14(11,12)9-7(2)8(10)13-3/h7,9H,6H2,1-3H3. The third-order valence-corrected chi connectivity index (χ3v) is 2.59. The van der Waals surface area contributed by atoms with E-state index in [1.54, 1.807) is 6.92 Å². The normalized spacial score (nSPS) is 12.5. The van der Waals surface area contributed by atoms with Crippen LogP contribution in [0.4, 0.5) is 0 Å². The van der Waals surface area contributed by atoms with Crippen molar-refractivity contribution in [3.05, 3.63) is 0 Å². The van der Waals surface area contributed by atoms with Crippen LogP contribution in [0, 0.1) is 11.8 Å². The van der Waals surface area contributed by atoms with E-state index in [2.05, 4.69) is 21.3 Å². The largest absolute Gasteiger partial charge is 0.468 e. The molecule has 0 heterocycles. The summed E-state index contributed by atoms with van der Waals surface area (Å²) in [4.78, 5) is 10.9. The van der Waals surface area contributed by atoms with E-state index >= 15 is 0 Å². The maximum Gasteiger partial charge on any atom is 0.323 e. The SMILES string of the molecule is CC#CCS(=O)(=O)NC(C)C(=O)OC. The quantitative estimate of drug-likeness (QED) is 0.510. The van der Waals surface area contributed by atoms with E-state index in [0.29, 0.717) is 0 Å². The topological polar surface area (TPSA) is 72.5 Å². The first-order valence-corrected chi connectivity index (χ1v) is 5.55. The first-order chi connectivity index (χ1) is 6.43. The number of methoxy groups -OCH3 is 1. The molecule has 0 aromatic rings. The molecule has 0 aliphatic carbocycles. The van der Waals surface area contributed by atoms with E-state index in [0.717, 1.165) is 0 Å². The molecule has 0 amide bonds. The summed E-state index contributed by atoms with van der Waals surface area (Å²) in [5.74, 6) is 3.91. The van der Waals surface area contributed by atoms with Crippen molar-refractivity contribution in [1.82, 2.24) is 4.72 Å². The average Bonchev–Trinajstić information content (AvgIpc) is 2.12. The van der Waals surface area contributed by atoms with Crippen LogP contribution < -0.4 is 4.72 Å². The van der Waals surface area contributed by atoms with Gasteiger partial charge in [-0.2, -0.15) is 0 Å². The molecule has 0 fully saturated rings. The van der Waals surface area contributed by atoms with Gasteiger partial charge >= 0.3 is 5.97 Å². The monoisotopic (exact) mass is 219 g/mol. The predicted molar refractivity (Wildman–Crippen MR) is 51.9 cm³/mol. The van der Waals surface area contributed by atoms with E-state index < -0.39 is 22.0 Å². The van der Waals surface area contributed by atoms with Crippen LogP contribution in [0.1, 0.15) is 13.8 Å². The van der Waals surface area contributed by atoms with Crippen LogP contribution in [0.3, 0.4) is 0 Å². The molecule has 0 saturated heterocycles. The lowest BCUT2D eigenvalue weighted by molar-refractivity contribution is -0.142. The van der Waals surface area contributed by atoms with Gasteiger partial charge in [-0.3, -0.25) is 4.79 Å². The van der Waals surface area contributed by atoms with E-state index in [1.807, 2.05) is 0 Å². The Hall–Kier alpha value is -1.06. The molecule has 0 bridgehead atoms. The van der Waals surface area contributed by atoms with Gasteiger partial charge in [0.05, 0.1) is 7.11 Å². The average molecular weight is 219 g/mol. The van der Waals surface area contributed by atoms with Crippen molar-refractivity contribution in [3.8, 4) is 11.8 Å². The highest BCUT2D eigenvalue weighted by atomic mass is 32.2. The highest BCUT2D eigenvalue weighted by molar-refractivity contribution is 7.89. The second-order valence-corrected chi connectivity index (χ2v) is 4.30. The maximum atomic E-state index is 11.2. The zero-order valence-electron chi connectivity index (χ0n) is 8.33. The van der Waals surface area contributed by atoms with Crippen LogP contribution in [-0.4, -0.2) is 33.3 Å². The molecule has 0 radical (unpaired) electrons. The Balaban J connectivity index is 4.34. The minimum atomic E-state index is -3.52. The summed E-state index contributed by atoms with van der Waals surface area (Å²) >= 11 is 0. The summed E-state index contributed by atoms with van der Waals surface area (Å²) in [6.45, 7) is 2.95. The third kappa shape index (κ3) is 4.84. The Morgan fingerprint density at radius 1 is 1.57 bits per heavy atom. The lowest BCUT2D eigenvalue weighted by Gasteiger charge is -2.09. The van der Waals surface area contributed by atoms with Gasteiger partial charge in [0.2, 0.25) is 10.0 Å². The van der Waals surface area contributed by atoms with Crippen molar-refractivity contribution >= 4 is 16.0 Å². The van der Waals surface area contributed by atoms with Gasteiger partial charge in [-0.25, -0.2) is 13.1 Å². The van der Waals surface area contributed by atoms with Crippen molar-refractivity contribution < 1.29 is 17.9 Å². The Morgan fingerprint density at radius 2 is 2.14 bits per heavy atom. The van der Waals surface area contributed by atoms with Gasteiger partial charge in [-0.1, -0.05) is 5.92 Å². The fourth-order valence-corrected chi connectivity index (χ4v) is 1.76. The molecule has 0 aliphatic rings. The Bertz CT molecular complexity index is 349. The van der Waals surface area contributed by atoms with Crippen LogP contribution in [0.25, 0.3) is 0 Å². The number of ether oxygens (including phenoxy) is 1. The molecular weight excluding hydrogens is 206 g/mol. The zero-order valence-corrected chi connectivity index (χ0v) is 9.14. The smallest absolute Gasteiger partial charge is 0.323 e. The van der Waals surface area contributed by atoms with E-state index in [1.165, 1.54) is 14.0 Å². The van der Waals surface area contributed by atoms with Crippen molar-refractivity contribution in [1.29, 1.82) is 0 Å². The number of hydrogen-bond donors (Lipinski definition) is 1. The Kier molecular flexibility index (Phi) is 5.20. The minimum Gasteiger partial charge on any atom is -0.468 e. The zero-order chi connectivity index (χ0) is 11.2. The first kappa shape index (κ1) is 12.9. The van der Waals surface area contributed by atoms with E-state index in [-0.39, 0.29) is 5.75 Å². The second kappa shape index (κ2) is 5.62. The van der Waals surface area contributed by atoms with Gasteiger partial charge in [-0.15, -0.1) is 5.92 Å². The Morgan fingerprint density at radius 3 is 2.57 bits per heavy atom. The van der Waals surface area contributed by atoms with Crippen molar-refractivity contribution in [2.24, 2.45) is 0 Å². The highest BCUT2D eigenvalue weighted by Gasteiger charge is 2.19. The molecule has 80 valence electrons. The summed E-state index contributed by atoms with van der Waals surface area (Å²) in [5.41, 5.74) is 0. The van der Waals surface area contributed by atoms with Crippen molar-refractivity contribution in [3.63, 3.8) is 0 Å². The summed E-state index contributed by atoms with van der Waals surface area (Å²) in [6, 6.07) is -0.886. The van der Waals surface area contributed by atoms with Crippen molar-refractivity contribution in [2.75, 3.05) is 12.9 Å². The lowest BCUT2D eigenvalue weighted by Crippen LogP contribution is -2.40. The van der Waals surface area contributed by atoms with E-state index in [4.69, 9.17) is 0 Å². The molecule has 0 aromatic carbocycles. The van der Waals surface area contributed by atoms with Crippen molar-refractivity contribution in [2.45, 2.75) is 19.9 Å². The first-order valence-electron chi connectivity index (χ1n) is 3.90. The van der Waals surface area contributed by atoms with Gasteiger partial charge < -0.3 is 4.74 Å².